The predicted molar refractivity (Wildman–Crippen MR) is 49.8 cm³/mol. The van der Waals surface area contributed by atoms with E-state index in [0.29, 0.717) is 0 Å². The first-order valence-corrected chi connectivity index (χ1v) is 4.92. The maximum absolute atomic E-state index is 11.0. The van der Waals surface area contributed by atoms with Crippen molar-refractivity contribution in [3.63, 3.8) is 0 Å². The third kappa shape index (κ3) is 2.02. The van der Waals surface area contributed by atoms with E-state index in [9.17, 15) is 4.79 Å². The van der Waals surface area contributed by atoms with Gasteiger partial charge in [0.15, 0.2) is 0 Å². The van der Waals surface area contributed by atoms with Gasteiger partial charge in [0.25, 0.3) is 0 Å². The van der Waals surface area contributed by atoms with E-state index in [1.54, 1.807) is 6.92 Å². The summed E-state index contributed by atoms with van der Waals surface area (Å²) < 4.78 is 0. The van der Waals surface area contributed by atoms with Crippen LogP contribution in [-0.4, -0.2) is 16.0 Å². The fourth-order valence-electron chi connectivity index (χ4n) is 0.976. The SMILES string of the molecule is CC(=O)C([SiH3])c1ccccc1. The van der Waals surface area contributed by atoms with Gasteiger partial charge in [-0.2, -0.15) is 0 Å². The van der Waals surface area contributed by atoms with Crippen molar-refractivity contribution in [1.82, 2.24) is 0 Å². The Labute approximate surface area is 69.9 Å². The number of carbonyl (C=O) groups is 1. The second-order valence-electron chi connectivity index (χ2n) is 2.74. The van der Waals surface area contributed by atoms with Crippen LogP contribution in [0.3, 0.4) is 0 Å². The van der Waals surface area contributed by atoms with Crippen molar-refractivity contribution in [2.24, 2.45) is 0 Å². The zero-order chi connectivity index (χ0) is 8.27. The van der Waals surface area contributed by atoms with Crippen molar-refractivity contribution in [2.45, 2.75) is 12.5 Å². The first-order valence-electron chi connectivity index (χ1n) is 3.77. The molecule has 0 N–H and O–H groups in total. The van der Waals surface area contributed by atoms with E-state index in [1.807, 2.05) is 30.3 Å². The molecule has 1 nitrogen and oxygen atoms in total. The molecule has 0 heterocycles. The van der Waals surface area contributed by atoms with Crippen LogP contribution in [0.1, 0.15) is 18.0 Å². The summed E-state index contributed by atoms with van der Waals surface area (Å²) in [5, 5.41) is 0. The summed E-state index contributed by atoms with van der Waals surface area (Å²) in [4.78, 5) is 11.0. The summed E-state index contributed by atoms with van der Waals surface area (Å²) in [7, 11) is 0.912. The lowest BCUT2D eigenvalue weighted by atomic mass is 10.1. The summed E-state index contributed by atoms with van der Waals surface area (Å²) in [5.74, 6) is 0.280. The van der Waals surface area contributed by atoms with Crippen molar-refractivity contribution in [3.8, 4) is 0 Å². The largest absolute Gasteiger partial charge is 0.300 e. The average Bonchev–Trinajstić information content (AvgIpc) is 2.05. The molecule has 0 aliphatic carbocycles. The Hall–Kier alpha value is -0.893. The van der Waals surface area contributed by atoms with Crippen LogP contribution in [0.15, 0.2) is 30.3 Å². The predicted octanol–water partition coefficient (Wildman–Crippen LogP) is 0.682. The van der Waals surface area contributed by atoms with Gasteiger partial charge in [-0.05, 0) is 12.5 Å². The molecule has 1 aromatic rings. The minimum absolute atomic E-state index is 0.177. The zero-order valence-electron chi connectivity index (χ0n) is 6.87. The highest BCUT2D eigenvalue weighted by molar-refractivity contribution is 6.24. The van der Waals surface area contributed by atoms with Crippen LogP contribution < -0.4 is 0 Å². The van der Waals surface area contributed by atoms with E-state index in [0.717, 1.165) is 15.8 Å². The van der Waals surface area contributed by atoms with Crippen LogP contribution in [0.5, 0.6) is 0 Å². The van der Waals surface area contributed by atoms with Crippen molar-refractivity contribution < 1.29 is 4.79 Å². The van der Waals surface area contributed by atoms with Crippen LogP contribution >= 0.6 is 0 Å². The molecule has 1 aromatic carbocycles. The van der Waals surface area contributed by atoms with E-state index in [2.05, 4.69) is 0 Å². The molecule has 0 fully saturated rings. The monoisotopic (exact) mass is 164 g/mol. The second-order valence-corrected chi connectivity index (χ2v) is 3.90. The molecule has 0 bridgehead atoms. The number of ketones is 1. The molecule has 1 rings (SSSR count). The van der Waals surface area contributed by atoms with Crippen molar-refractivity contribution >= 4 is 16.0 Å². The number of Topliss-reactive ketones (excluding diaryl/α,β-unsaturated/α-hetero) is 1. The van der Waals surface area contributed by atoms with Gasteiger partial charge in [-0.15, -0.1) is 0 Å². The van der Waals surface area contributed by atoms with Gasteiger partial charge in [0.05, 0.1) is 0 Å². The van der Waals surface area contributed by atoms with Gasteiger partial charge in [0.2, 0.25) is 0 Å². The summed E-state index contributed by atoms with van der Waals surface area (Å²) in [6.07, 6.45) is 0. The van der Waals surface area contributed by atoms with Crippen LogP contribution in [0.2, 0.25) is 0 Å². The first kappa shape index (κ1) is 8.21. The Morgan fingerprint density at radius 2 is 1.91 bits per heavy atom. The molecule has 0 aliphatic heterocycles. The molecule has 0 amide bonds. The lowest BCUT2D eigenvalue weighted by Crippen LogP contribution is -2.07. The van der Waals surface area contributed by atoms with Gasteiger partial charge in [-0.3, -0.25) is 4.79 Å². The highest BCUT2D eigenvalue weighted by atomic mass is 28.1. The highest BCUT2D eigenvalue weighted by Crippen LogP contribution is 2.11. The van der Waals surface area contributed by atoms with E-state index in [-0.39, 0.29) is 11.3 Å². The third-order valence-electron chi connectivity index (χ3n) is 1.91. The number of carbonyl (C=O) groups excluding carboxylic acids is 1. The maximum Gasteiger partial charge on any atom is 0.133 e. The lowest BCUT2D eigenvalue weighted by molar-refractivity contribution is -0.116. The summed E-state index contributed by atoms with van der Waals surface area (Å²) in [6, 6.07) is 9.95. The first-order chi connectivity index (χ1) is 5.22. The second kappa shape index (κ2) is 3.48. The molecule has 58 valence electrons. The fraction of sp³-hybridized carbons (Fsp3) is 0.222. The molecule has 0 aromatic heterocycles. The number of benzene rings is 1. The molecular formula is C9H12OSi. The molecule has 0 saturated carbocycles. The summed E-state index contributed by atoms with van der Waals surface area (Å²) in [5.41, 5.74) is 1.34. The molecule has 0 aliphatic rings. The smallest absolute Gasteiger partial charge is 0.133 e. The summed E-state index contributed by atoms with van der Waals surface area (Å²) in [6.45, 7) is 1.66. The van der Waals surface area contributed by atoms with Gasteiger partial charge in [0.1, 0.15) is 5.78 Å². The molecular weight excluding hydrogens is 152 g/mol. The Balaban J connectivity index is 2.85. The van der Waals surface area contributed by atoms with Gasteiger partial charge in [-0.1, -0.05) is 30.3 Å². The normalized spacial score (nSPS) is 12.8. The van der Waals surface area contributed by atoms with Crippen molar-refractivity contribution in [2.75, 3.05) is 0 Å². The molecule has 0 spiro atoms. The highest BCUT2D eigenvalue weighted by Gasteiger charge is 2.08. The number of hydrogen-bond donors (Lipinski definition) is 0. The van der Waals surface area contributed by atoms with E-state index in [1.165, 1.54) is 0 Å². The van der Waals surface area contributed by atoms with Gasteiger partial charge in [0, 0.05) is 15.8 Å². The topological polar surface area (TPSA) is 17.1 Å². The average molecular weight is 164 g/mol. The lowest BCUT2D eigenvalue weighted by Gasteiger charge is -2.05. The molecule has 0 saturated heterocycles. The Kier molecular flexibility index (Phi) is 2.60. The Morgan fingerprint density at radius 1 is 1.36 bits per heavy atom. The van der Waals surface area contributed by atoms with Gasteiger partial charge < -0.3 is 0 Å². The Morgan fingerprint density at radius 3 is 2.36 bits per heavy atom. The minimum atomic E-state index is 0.177. The molecule has 11 heavy (non-hydrogen) atoms. The van der Waals surface area contributed by atoms with Crippen molar-refractivity contribution in [1.29, 1.82) is 0 Å². The standard InChI is InChI=1S/C9H12OSi/c1-7(10)9(11)8-5-3-2-4-6-8/h2-6,9H,1,11H3. The quantitative estimate of drug-likeness (QED) is 0.588. The van der Waals surface area contributed by atoms with E-state index in [4.69, 9.17) is 0 Å². The molecule has 2 heteroatoms. The van der Waals surface area contributed by atoms with E-state index < -0.39 is 0 Å². The third-order valence-corrected chi connectivity index (χ3v) is 3.39. The number of hydrogen-bond acceptors (Lipinski definition) is 1. The molecule has 1 unspecified atom stereocenters. The van der Waals surface area contributed by atoms with Crippen LogP contribution in [0.4, 0.5) is 0 Å². The van der Waals surface area contributed by atoms with Crippen molar-refractivity contribution in [3.05, 3.63) is 35.9 Å². The van der Waals surface area contributed by atoms with Crippen LogP contribution in [-0.2, 0) is 4.79 Å². The van der Waals surface area contributed by atoms with E-state index >= 15 is 0 Å². The maximum atomic E-state index is 11.0. The minimum Gasteiger partial charge on any atom is -0.300 e. The Bertz CT molecular complexity index is 243. The van der Waals surface area contributed by atoms with Gasteiger partial charge >= 0.3 is 0 Å². The molecule has 0 radical (unpaired) electrons. The number of rotatable bonds is 2. The fourth-order valence-corrected chi connectivity index (χ4v) is 1.36. The van der Waals surface area contributed by atoms with Crippen LogP contribution in [0, 0.1) is 0 Å². The van der Waals surface area contributed by atoms with Gasteiger partial charge in [-0.25, -0.2) is 0 Å². The van der Waals surface area contributed by atoms with Crippen LogP contribution in [0.25, 0.3) is 0 Å². The summed E-state index contributed by atoms with van der Waals surface area (Å²) >= 11 is 0. The molecule has 1 atom stereocenters. The zero-order valence-corrected chi connectivity index (χ0v) is 8.87.